The lowest BCUT2D eigenvalue weighted by atomic mass is 10.2. The highest BCUT2D eigenvalue weighted by molar-refractivity contribution is 7.20. The molecule has 0 bridgehead atoms. The number of carbonyl (C=O) groups excluding carboxylic acids is 1. The number of nitrogens with one attached hydrogen (secondary N) is 1. The fraction of sp³-hybridized carbons (Fsp3) is 0.591. The van der Waals surface area contributed by atoms with Gasteiger partial charge in [0.15, 0.2) is 0 Å². The number of aromatic amines is 1. The monoisotopic (exact) mass is 449 g/mol. The van der Waals surface area contributed by atoms with Crippen LogP contribution in [0.4, 0.5) is 0 Å². The fourth-order valence-electron chi connectivity index (χ4n) is 3.30. The third-order valence-corrected chi connectivity index (χ3v) is 6.10. The van der Waals surface area contributed by atoms with E-state index in [0.29, 0.717) is 45.6 Å². The predicted molar refractivity (Wildman–Crippen MR) is 121 cm³/mol. The highest BCUT2D eigenvalue weighted by atomic mass is 32.1. The van der Waals surface area contributed by atoms with Crippen molar-refractivity contribution in [2.24, 2.45) is 0 Å². The molecule has 0 saturated heterocycles. The van der Waals surface area contributed by atoms with Gasteiger partial charge in [-0.25, -0.2) is 9.78 Å². The number of aryl methyl sites for hydroxylation is 1. The van der Waals surface area contributed by atoms with Crippen LogP contribution >= 0.6 is 11.3 Å². The van der Waals surface area contributed by atoms with Gasteiger partial charge in [-0.05, 0) is 46.1 Å². The molecule has 9 heteroatoms. The van der Waals surface area contributed by atoms with Crippen molar-refractivity contribution < 1.29 is 19.4 Å². The molecule has 2 N–H and O–H groups in total. The SMILES string of the molecule is C=CCOC(=O)c1sc2nc(CN(CC(O)COC(C)(C)C)C3CC3)[nH]c(=O)c2c1C. The third kappa shape index (κ3) is 6.22. The molecule has 31 heavy (non-hydrogen) atoms. The van der Waals surface area contributed by atoms with E-state index in [9.17, 15) is 14.7 Å². The molecule has 1 atom stereocenters. The van der Waals surface area contributed by atoms with Crippen molar-refractivity contribution in [3.05, 3.63) is 39.3 Å². The van der Waals surface area contributed by atoms with Crippen LogP contribution in [0.3, 0.4) is 0 Å². The van der Waals surface area contributed by atoms with Crippen LogP contribution in [0.5, 0.6) is 0 Å². The minimum Gasteiger partial charge on any atom is -0.457 e. The van der Waals surface area contributed by atoms with Crippen molar-refractivity contribution in [1.82, 2.24) is 14.9 Å². The van der Waals surface area contributed by atoms with Gasteiger partial charge in [-0.15, -0.1) is 11.3 Å². The number of hydrogen-bond acceptors (Lipinski definition) is 8. The Morgan fingerprint density at radius 2 is 2.16 bits per heavy atom. The van der Waals surface area contributed by atoms with Gasteiger partial charge >= 0.3 is 5.97 Å². The Bertz CT molecular complexity index is 1000. The number of hydrogen-bond donors (Lipinski definition) is 2. The Hall–Kier alpha value is -2.07. The molecule has 0 aromatic carbocycles. The Balaban J connectivity index is 1.77. The normalized spacial score (nSPS) is 15.4. The summed E-state index contributed by atoms with van der Waals surface area (Å²) in [5, 5.41) is 10.8. The van der Waals surface area contributed by atoms with E-state index < -0.39 is 12.1 Å². The van der Waals surface area contributed by atoms with Gasteiger partial charge in [0.25, 0.3) is 5.56 Å². The van der Waals surface area contributed by atoms with Gasteiger partial charge in [-0.3, -0.25) is 9.69 Å². The van der Waals surface area contributed by atoms with E-state index in [0.717, 1.165) is 24.2 Å². The van der Waals surface area contributed by atoms with Gasteiger partial charge in [0.2, 0.25) is 0 Å². The van der Waals surface area contributed by atoms with E-state index >= 15 is 0 Å². The second-order valence-electron chi connectivity index (χ2n) is 8.87. The standard InChI is InChI=1S/C22H31N3O5S/c1-6-9-29-21(28)18-13(2)17-19(27)23-16(24-20(17)31-18)11-25(14-7-8-14)10-15(26)12-30-22(3,4)5/h6,14-15,26H,1,7-12H2,2-5H3,(H,23,24,27). The van der Waals surface area contributed by atoms with Gasteiger partial charge in [-0.1, -0.05) is 12.7 Å². The first-order valence-corrected chi connectivity index (χ1v) is 11.3. The Kier molecular flexibility index (Phi) is 7.31. The van der Waals surface area contributed by atoms with Crippen molar-refractivity contribution in [3.63, 3.8) is 0 Å². The topological polar surface area (TPSA) is 105 Å². The predicted octanol–water partition coefficient (Wildman–Crippen LogP) is 2.78. The molecule has 1 aliphatic rings. The van der Waals surface area contributed by atoms with E-state index in [-0.39, 0.29) is 24.4 Å². The van der Waals surface area contributed by atoms with Gasteiger partial charge < -0.3 is 19.6 Å². The van der Waals surface area contributed by atoms with Crippen LogP contribution in [0.2, 0.25) is 0 Å². The summed E-state index contributed by atoms with van der Waals surface area (Å²) in [5.41, 5.74) is -0.0165. The van der Waals surface area contributed by atoms with Gasteiger partial charge in [0.1, 0.15) is 22.1 Å². The highest BCUT2D eigenvalue weighted by Crippen LogP contribution is 2.30. The number of aliphatic hydroxyl groups excluding tert-OH is 1. The average molecular weight is 450 g/mol. The molecule has 3 rings (SSSR count). The number of carbonyl (C=O) groups is 1. The van der Waals surface area contributed by atoms with Crippen LogP contribution in [0.1, 0.15) is 54.7 Å². The smallest absolute Gasteiger partial charge is 0.348 e. The molecule has 0 spiro atoms. The van der Waals surface area contributed by atoms with E-state index in [1.54, 1.807) is 6.92 Å². The number of H-pyrrole nitrogens is 1. The molecule has 1 aliphatic carbocycles. The van der Waals surface area contributed by atoms with E-state index in [4.69, 9.17) is 9.47 Å². The summed E-state index contributed by atoms with van der Waals surface area (Å²) in [7, 11) is 0. The van der Waals surface area contributed by atoms with Crippen molar-refractivity contribution in [2.45, 2.75) is 64.8 Å². The molecule has 170 valence electrons. The number of aromatic nitrogens is 2. The molecule has 1 fully saturated rings. The van der Waals surface area contributed by atoms with Gasteiger partial charge in [0, 0.05) is 12.6 Å². The highest BCUT2D eigenvalue weighted by Gasteiger charge is 2.31. The van der Waals surface area contributed by atoms with Crippen LogP contribution in [-0.4, -0.2) is 63.4 Å². The van der Waals surface area contributed by atoms with Crippen LogP contribution in [0, 0.1) is 6.92 Å². The molecule has 1 unspecified atom stereocenters. The molecule has 0 aliphatic heterocycles. The van der Waals surface area contributed by atoms with Gasteiger partial charge in [0.05, 0.1) is 30.2 Å². The summed E-state index contributed by atoms with van der Waals surface area (Å²) in [5.74, 6) is 0.0310. The summed E-state index contributed by atoms with van der Waals surface area (Å²) in [6.07, 6.45) is 2.97. The molecule has 2 heterocycles. The van der Waals surface area contributed by atoms with Crippen LogP contribution in [0.15, 0.2) is 17.4 Å². The van der Waals surface area contributed by atoms with Crippen LogP contribution in [0.25, 0.3) is 10.2 Å². The van der Waals surface area contributed by atoms with Crippen LogP contribution in [-0.2, 0) is 16.0 Å². The second-order valence-corrected chi connectivity index (χ2v) is 9.87. The first-order valence-electron chi connectivity index (χ1n) is 10.5. The first-order chi connectivity index (χ1) is 14.6. The molecule has 0 radical (unpaired) electrons. The zero-order valence-corrected chi connectivity index (χ0v) is 19.4. The van der Waals surface area contributed by atoms with E-state index in [1.807, 2.05) is 20.8 Å². The number of thiophene rings is 1. The Morgan fingerprint density at radius 1 is 1.45 bits per heavy atom. The van der Waals surface area contributed by atoms with Crippen molar-refractivity contribution in [3.8, 4) is 0 Å². The molecular weight excluding hydrogens is 418 g/mol. The van der Waals surface area contributed by atoms with Crippen molar-refractivity contribution >= 4 is 27.5 Å². The summed E-state index contributed by atoms with van der Waals surface area (Å²) in [6.45, 7) is 12.3. The maximum Gasteiger partial charge on any atom is 0.348 e. The third-order valence-electron chi connectivity index (χ3n) is 4.94. The van der Waals surface area contributed by atoms with Crippen molar-refractivity contribution in [1.29, 1.82) is 0 Å². The maximum absolute atomic E-state index is 12.7. The zero-order valence-electron chi connectivity index (χ0n) is 18.6. The van der Waals surface area contributed by atoms with Gasteiger partial charge in [-0.2, -0.15) is 0 Å². The lowest BCUT2D eigenvalue weighted by Gasteiger charge is -2.27. The maximum atomic E-state index is 12.7. The molecule has 0 amide bonds. The quantitative estimate of drug-likeness (QED) is 0.424. The minimum absolute atomic E-state index is 0.110. The molecule has 2 aromatic heterocycles. The molecule has 1 saturated carbocycles. The summed E-state index contributed by atoms with van der Waals surface area (Å²) in [4.78, 5) is 35.5. The molecule has 8 nitrogen and oxygen atoms in total. The minimum atomic E-state index is -0.634. The number of esters is 1. The number of rotatable bonds is 10. The summed E-state index contributed by atoms with van der Waals surface area (Å²) < 4.78 is 10.8. The van der Waals surface area contributed by atoms with E-state index in [2.05, 4.69) is 21.4 Å². The molecular formula is C22H31N3O5S. The summed E-state index contributed by atoms with van der Waals surface area (Å²) >= 11 is 1.16. The Morgan fingerprint density at radius 3 is 2.77 bits per heavy atom. The number of nitrogens with zero attached hydrogens (tertiary/aromatic N) is 2. The lowest BCUT2D eigenvalue weighted by molar-refractivity contribution is -0.0574. The number of fused-ring (bicyclic) bond motifs is 1. The Labute approximate surface area is 185 Å². The second kappa shape index (κ2) is 9.60. The summed E-state index contributed by atoms with van der Waals surface area (Å²) in [6, 6.07) is 0.361. The van der Waals surface area contributed by atoms with Crippen molar-refractivity contribution in [2.75, 3.05) is 19.8 Å². The number of ether oxygens (including phenoxy) is 2. The first kappa shape index (κ1) is 23.6. The average Bonchev–Trinajstić information content (AvgIpc) is 3.47. The largest absolute Gasteiger partial charge is 0.457 e. The lowest BCUT2D eigenvalue weighted by Crippen LogP contribution is -2.38. The molecule has 2 aromatic rings. The number of aliphatic hydroxyl groups is 1. The fourth-order valence-corrected chi connectivity index (χ4v) is 4.40. The van der Waals surface area contributed by atoms with E-state index in [1.165, 1.54) is 6.08 Å². The van der Waals surface area contributed by atoms with Crippen LogP contribution < -0.4 is 5.56 Å². The zero-order chi connectivity index (χ0) is 22.8.